The zero-order valence-corrected chi connectivity index (χ0v) is 16.2. The summed E-state index contributed by atoms with van der Waals surface area (Å²) in [5.41, 5.74) is 1.27. The SMILES string of the molecule is COc1ccc(CN(C)CC(=O)Nc2cccc(S(N)(=O)=O)c2)c(OC)c1. The van der Waals surface area contributed by atoms with Crippen molar-refractivity contribution >= 4 is 21.6 Å². The molecule has 0 unspecified atom stereocenters. The van der Waals surface area contributed by atoms with E-state index >= 15 is 0 Å². The highest BCUT2D eigenvalue weighted by Crippen LogP contribution is 2.25. The van der Waals surface area contributed by atoms with Crippen LogP contribution in [0.2, 0.25) is 0 Å². The highest BCUT2D eigenvalue weighted by Gasteiger charge is 2.13. The Hall–Kier alpha value is -2.62. The van der Waals surface area contributed by atoms with Gasteiger partial charge >= 0.3 is 0 Å². The summed E-state index contributed by atoms with van der Waals surface area (Å²) in [7, 11) is 1.12. The minimum atomic E-state index is -3.82. The van der Waals surface area contributed by atoms with E-state index in [4.69, 9.17) is 14.6 Å². The molecule has 2 rings (SSSR count). The van der Waals surface area contributed by atoms with Crippen molar-refractivity contribution in [2.24, 2.45) is 5.14 Å². The Bertz CT molecular complexity index is 915. The van der Waals surface area contributed by atoms with Gasteiger partial charge in [-0.25, -0.2) is 13.6 Å². The van der Waals surface area contributed by atoms with Gasteiger partial charge in [-0.05, 0) is 31.3 Å². The summed E-state index contributed by atoms with van der Waals surface area (Å²) in [4.78, 5) is 14.0. The molecule has 0 aliphatic carbocycles. The van der Waals surface area contributed by atoms with Crippen molar-refractivity contribution in [2.45, 2.75) is 11.4 Å². The van der Waals surface area contributed by atoms with Gasteiger partial charge in [0.25, 0.3) is 0 Å². The Kier molecular flexibility index (Phi) is 6.78. The lowest BCUT2D eigenvalue weighted by molar-refractivity contribution is -0.117. The molecule has 8 nitrogen and oxygen atoms in total. The molecule has 1 amide bonds. The third-order valence-corrected chi connectivity index (χ3v) is 4.71. The molecule has 0 aliphatic rings. The lowest BCUT2D eigenvalue weighted by Crippen LogP contribution is -2.30. The molecule has 0 saturated carbocycles. The van der Waals surface area contributed by atoms with Crippen LogP contribution in [0.4, 0.5) is 5.69 Å². The zero-order chi connectivity index (χ0) is 20.0. The predicted molar refractivity (Wildman–Crippen MR) is 102 cm³/mol. The van der Waals surface area contributed by atoms with Gasteiger partial charge in [-0.3, -0.25) is 9.69 Å². The number of primary sulfonamides is 1. The number of rotatable bonds is 8. The first-order chi connectivity index (χ1) is 12.7. The Balaban J connectivity index is 2.00. The topological polar surface area (TPSA) is 111 Å². The van der Waals surface area contributed by atoms with Gasteiger partial charge in [0.2, 0.25) is 15.9 Å². The van der Waals surface area contributed by atoms with E-state index in [9.17, 15) is 13.2 Å². The summed E-state index contributed by atoms with van der Waals surface area (Å²) in [5, 5.41) is 7.77. The Morgan fingerprint density at radius 1 is 1.15 bits per heavy atom. The van der Waals surface area contributed by atoms with E-state index in [2.05, 4.69) is 5.32 Å². The summed E-state index contributed by atoms with van der Waals surface area (Å²) in [5.74, 6) is 1.07. The highest BCUT2D eigenvalue weighted by atomic mass is 32.2. The van der Waals surface area contributed by atoms with E-state index in [1.54, 1.807) is 33.4 Å². The molecule has 27 heavy (non-hydrogen) atoms. The van der Waals surface area contributed by atoms with Crippen molar-refractivity contribution in [1.82, 2.24) is 4.90 Å². The van der Waals surface area contributed by atoms with Crippen LogP contribution in [0.1, 0.15) is 5.56 Å². The summed E-state index contributed by atoms with van der Waals surface area (Å²) in [6.45, 7) is 0.590. The Morgan fingerprint density at radius 3 is 2.52 bits per heavy atom. The smallest absolute Gasteiger partial charge is 0.238 e. The molecular formula is C18H23N3O5S. The van der Waals surface area contributed by atoms with E-state index < -0.39 is 10.0 Å². The average Bonchev–Trinajstić information content (AvgIpc) is 2.61. The first-order valence-corrected chi connectivity index (χ1v) is 9.59. The van der Waals surface area contributed by atoms with Crippen LogP contribution in [0.15, 0.2) is 47.4 Å². The second kappa shape index (κ2) is 8.85. The lowest BCUT2D eigenvalue weighted by Gasteiger charge is -2.18. The van der Waals surface area contributed by atoms with Crippen LogP contribution in [0.5, 0.6) is 11.5 Å². The molecule has 3 N–H and O–H groups in total. The van der Waals surface area contributed by atoms with E-state index in [-0.39, 0.29) is 17.3 Å². The van der Waals surface area contributed by atoms with Crippen molar-refractivity contribution in [3.8, 4) is 11.5 Å². The first-order valence-electron chi connectivity index (χ1n) is 8.05. The van der Waals surface area contributed by atoms with Gasteiger partial charge in [-0.2, -0.15) is 0 Å². The minimum Gasteiger partial charge on any atom is -0.497 e. The van der Waals surface area contributed by atoms with Gasteiger partial charge in [0.15, 0.2) is 0 Å². The summed E-state index contributed by atoms with van der Waals surface area (Å²) in [6.07, 6.45) is 0. The van der Waals surface area contributed by atoms with Crippen molar-refractivity contribution in [1.29, 1.82) is 0 Å². The molecule has 0 bridgehead atoms. The molecule has 0 heterocycles. The van der Waals surface area contributed by atoms with E-state index in [1.165, 1.54) is 18.2 Å². The maximum atomic E-state index is 12.2. The average molecular weight is 393 g/mol. The third-order valence-electron chi connectivity index (χ3n) is 3.79. The van der Waals surface area contributed by atoms with Crippen LogP contribution in [-0.4, -0.2) is 47.0 Å². The summed E-state index contributed by atoms with van der Waals surface area (Å²) >= 11 is 0. The summed E-state index contributed by atoms with van der Waals surface area (Å²) < 4.78 is 33.3. The number of sulfonamides is 1. The van der Waals surface area contributed by atoms with Crippen molar-refractivity contribution in [3.63, 3.8) is 0 Å². The molecule has 0 aromatic heterocycles. The molecule has 0 fully saturated rings. The second-order valence-electron chi connectivity index (χ2n) is 5.97. The lowest BCUT2D eigenvalue weighted by atomic mass is 10.2. The number of benzene rings is 2. The quantitative estimate of drug-likeness (QED) is 0.702. The second-order valence-corrected chi connectivity index (χ2v) is 7.53. The molecule has 146 valence electrons. The molecule has 0 aliphatic heterocycles. The van der Waals surface area contributed by atoms with Crippen molar-refractivity contribution in [3.05, 3.63) is 48.0 Å². The van der Waals surface area contributed by atoms with Crippen molar-refractivity contribution in [2.75, 3.05) is 33.1 Å². The van der Waals surface area contributed by atoms with Gasteiger partial charge in [0, 0.05) is 23.9 Å². The van der Waals surface area contributed by atoms with Gasteiger partial charge in [-0.15, -0.1) is 0 Å². The van der Waals surface area contributed by atoms with Crippen LogP contribution < -0.4 is 19.9 Å². The number of likely N-dealkylation sites (N-methyl/N-ethyl adjacent to an activating group) is 1. The largest absolute Gasteiger partial charge is 0.497 e. The number of ether oxygens (including phenoxy) is 2. The number of nitrogens with two attached hydrogens (primary N) is 1. The normalized spacial score (nSPS) is 11.3. The number of hydrogen-bond donors (Lipinski definition) is 2. The molecule has 0 saturated heterocycles. The number of amides is 1. The van der Waals surface area contributed by atoms with E-state index in [0.717, 1.165) is 5.56 Å². The molecule has 0 radical (unpaired) electrons. The number of hydrogen-bond acceptors (Lipinski definition) is 6. The fraction of sp³-hybridized carbons (Fsp3) is 0.278. The van der Waals surface area contributed by atoms with E-state index in [1.807, 2.05) is 17.0 Å². The number of methoxy groups -OCH3 is 2. The molecule has 9 heteroatoms. The van der Waals surface area contributed by atoms with Gasteiger partial charge in [0.1, 0.15) is 11.5 Å². The van der Waals surface area contributed by atoms with Gasteiger partial charge in [0.05, 0.1) is 25.7 Å². The highest BCUT2D eigenvalue weighted by molar-refractivity contribution is 7.89. The number of nitrogens with one attached hydrogen (secondary N) is 1. The van der Waals surface area contributed by atoms with Crippen LogP contribution in [0, 0.1) is 0 Å². The summed E-state index contributed by atoms with van der Waals surface area (Å²) in [6, 6.07) is 11.3. The van der Waals surface area contributed by atoms with Crippen LogP contribution in [0.25, 0.3) is 0 Å². The third kappa shape index (κ3) is 5.95. The number of carbonyl (C=O) groups excluding carboxylic acids is 1. The van der Waals surface area contributed by atoms with Crippen LogP contribution in [-0.2, 0) is 21.4 Å². The molecule has 2 aromatic rings. The number of anilines is 1. The fourth-order valence-electron chi connectivity index (χ4n) is 2.53. The first kappa shape index (κ1) is 20.7. The Labute approximate surface area is 158 Å². The van der Waals surface area contributed by atoms with Crippen LogP contribution >= 0.6 is 0 Å². The fourth-order valence-corrected chi connectivity index (χ4v) is 3.09. The number of nitrogens with zero attached hydrogens (tertiary/aromatic N) is 1. The predicted octanol–water partition coefficient (Wildman–Crippen LogP) is 1.42. The van der Waals surface area contributed by atoms with Gasteiger partial charge in [-0.1, -0.05) is 12.1 Å². The monoisotopic (exact) mass is 393 g/mol. The Morgan fingerprint density at radius 2 is 1.89 bits per heavy atom. The van der Waals surface area contributed by atoms with Crippen molar-refractivity contribution < 1.29 is 22.7 Å². The van der Waals surface area contributed by atoms with Crippen LogP contribution in [0.3, 0.4) is 0 Å². The number of carbonyl (C=O) groups is 1. The zero-order valence-electron chi connectivity index (χ0n) is 15.4. The maximum absolute atomic E-state index is 12.2. The van der Waals surface area contributed by atoms with E-state index in [0.29, 0.717) is 23.7 Å². The van der Waals surface area contributed by atoms with Gasteiger partial charge < -0.3 is 14.8 Å². The minimum absolute atomic E-state index is 0.0587. The molecule has 2 aromatic carbocycles. The molecular weight excluding hydrogens is 370 g/mol. The maximum Gasteiger partial charge on any atom is 0.238 e. The molecule has 0 atom stereocenters. The standard InChI is InChI=1S/C18H23N3O5S/c1-21(11-13-7-8-15(25-2)10-17(13)26-3)12-18(22)20-14-5-4-6-16(9-14)27(19,23)24/h4-10H,11-12H2,1-3H3,(H,20,22)(H2,19,23,24). The molecule has 0 spiro atoms.